The first kappa shape index (κ1) is 68.6. The van der Waals surface area contributed by atoms with Crippen LogP contribution < -0.4 is 0 Å². The fourth-order valence-corrected chi connectivity index (χ4v) is 9.35. The van der Waals surface area contributed by atoms with Crippen molar-refractivity contribution in [3.63, 3.8) is 0 Å². The van der Waals surface area contributed by atoms with Crippen molar-refractivity contribution in [2.75, 3.05) is 13.2 Å². The first-order valence-corrected chi connectivity index (χ1v) is 31.5. The summed E-state index contributed by atoms with van der Waals surface area (Å²) in [5.74, 6) is -0.879. The number of unbranched alkanes of at least 4 members (excludes halogenated alkanes) is 41. The smallest absolute Gasteiger partial charge is 0.306 e. The van der Waals surface area contributed by atoms with Crippen LogP contribution in [0, 0.1) is 0 Å². The Morgan fingerprint density at radius 3 is 0.803 bits per heavy atom. The third-order valence-electron chi connectivity index (χ3n) is 14.1. The van der Waals surface area contributed by atoms with Crippen LogP contribution in [0.15, 0.2) is 36.5 Å². The SMILES string of the molecule is CCCCCC/C=C\C/C=C\CCCCCCCC(=O)OC(COC(=O)CCCCCCC/C=C\CCCCCC)COC(=O)CCCCCCCCCCCCCCCCCCCCCCCCCC. The minimum Gasteiger partial charge on any atom is -0.462 e. The van der Waals surface area contributed by atoms with E-state index in [2.05, 4.69) is 57.2 Å². The molecule has 0 aromatic heterocycles. The molecule has 0 rings (SSSR count). The lowest BCUT2D eigenvalue weighted by molar-refractivity contribution is -0.167. The molecule has 0 N–H and O–H groups in total. The largest absolute Gasteiger partial charge is 0.462 e. The van der Waals surface area contributed by atoms with Crippen LogP contribution in [0.1, 0.15) is 342 Å². The van der Waals surface area contributed by atoms with Gasteiger partial charge in [-0.25, -0.2) is 0 Å². The molecule has 0 aliphatic carbocycles. The molecule has 71 heavy (non-hydrogen) atoms. The van der Waals surface area contributed by atoms with Crippen molar-refractivity contribution in [2.45, 2.75) is 348 Å². The number of carbonyl (C=O) groups is 3. The van der Waals surface area contributed by atoms with Crippen LogP contribution in [0.3, 0.4) is 0 Å². The Hall–Kier alpha value is -2.37. The summed E-state index contributed by atoms with van der Waals surface area (Å²) in [5.41, 5.74) is 0. The lowest BCUT2D eigenvalue weighted by atomic mass is 10.0. The maximum Gasteiger partial charge on any atom is 0.306 e. The Balaban J connectivity index is 4.26. The molecule has 1 unspecified atom stereocenters. The van der Waals surface area contributed by atoms with E-state index >= 15 is 0 Å². The van der Waals surface area contributed by atoms with Crippen molar-refractivity contribution >= 4 is 17.9 Å². The molecule has 0 fully saturated rings. The van der Waals surface area contributed by atoms with Gasteiger partial charge in [-0.05, 0) is 77.0 Å². The Morgan fingerprint density at radius 2 is 0.507 bits per heavy atom. The first-order valence-electron chi connectivity index (χ1n) is 31.5. The zero-order valence-corrected chi connectivity index (χ0v) is 47.8. The molecule has 0 aliphatic rings. The predicted molar refractivity (Wildman–Crippen MR) is 307 cm³/mol. The minimum absolute atomic E-state index is 0.0767. The predicted octanol–water partition coefficient (Wildman–Crippen LogP) is 21.2. The van der Waals surface area contributed by atoms with E-state index in [4.69, 9.17) is 14.2 Å². The van der Waals surface area contributed by atoms with Gasteiger partial charge in [-0.15, -0.1) is 0 Å². The van der Waals surface area contributed by atoms with Crippen LogP contribution in [0.25, 0.3) is 0 Å². The Morgan fingerprint density at radius 1 is 0.282 bits per heavy atom. The quantitative estimate of drug-likeness (QED) is 0.0261. The van der Waals surface area contributed by atoms with Gasteiger partial charge < -0.3 is 14.2 Å². The summed E-state index contributed by atoms with van der Waals surface area (Å²) < 4.78 is 16.9. The number of hydrogen-bond acceptors (Lipinski definition) is 6. The summed E-state index contributed by atoms with van der Waals surface area (Å²) in [5, 5.41) is 0. The highest BCUT2D eigenvalue weighted by molar-refractivity contribution is 5.71. The van der Waals surface area contributed by atoms with E-state index in [1.807, 2.05) is 0 Å². The molecule has 0 aliphatic heterocycles. The van der Waals surface area contributed by atoms with Gasteiger partial charge in [0.15, 0.2) is 6.10 Å². The Labute approximate surface area is 442 Å². The number of allylic oxidation sites excluding steroid dienone is 6. The summed E-state index contributed by atoms with van der Waals surface area (Å²) in [6, 6.07) is 0. The molecule has 0 spiro atoms. The van der Waals surface area contributed by atoms with Crippen molar-refractivity contribution in [3.05, 3.63) is 36.5 Å². The number of hydrogen-bond donors (Lipinski definition) is 0. The van der Waals surface area contributed by atoms with Crippen LogP contribution in [-0.2, 0) is 28.6 Å². The molecule has 1 atom stereocenters. The summed E-state index contributed by atoms with van der Waals surface area (Å²) >= 11 is 0. The second kappa shape index (κ2) is 60.2. The molecule has 0 aromatic carbocycles. The van der Waals surface area contributed by atoms with Crippen LogP contribution in [-0.4, -0.2) is 37.2 Å². The van der Waals surface area contributed by atoms with Crippen LogP contribution in [0.4, 0.5) is 0 Å². The van der Waals surface area contributed by atoms with E-state index in [1.54, 1.807) is 0 Å². The third-order valence-corrected chi connectivity index (χ3v) is 14.1. The van der Waals surface area contributed by atoms with Gasteiger partial charge in [0, 0.05) is 19.3 Å². The Bertz CT molecular complexity index is 1190. The highest BCUT2D eigenvalue weighted by atomic mass is 16.6. The molecule has 0 amide bonds. The van der Waals surface area contributed by atoms with E-state index in [0.29, 0.717) is 19.3 Å². The highest BCUT2D eigenvalue weighted by Crippen LogP contribution is 2.17. The zero-order valence-electron chi connectivity index (χ0n) is 47.8. The molecule has 0 saturated heterocycles. The van der Waals surface area contributed by atoms with Crippen LogP contribution >= 0.6 is 0 Å². The van der Waals surface area contributed by atoms with Crippen molar-refractivity contribution in [1.82, 2.24) is 0 Å². The molecule has 0 bridgehead atoms. The standard InChI is InChI=1S/C65H120O6/c1-4-7-10-13-16-19-22-25-27-29-30-31-32-33-34-35-36-38-40-43-46-49-52-55-58-64(67)70-61-62(60-69-63(66)57-54-51-48-45-42-39-24-21-18-15-12-9-6-3)71-65(68)59-56-53-50-47-44-41-37-28-26-23-20-17-14-11-8-5-2/h20-21,23-24,28,37,62H,4-19,22,25-27,29-36,38-61H2,1-3H3/b23-20-,24-21-,37-28-. The zero-order chi connectivity index (χ0) is 51.4. The normalized spacial score (nSPS) is 12.2. The Kier molecular flexibility index (Phi) is 58.2. The summed E-state index contributed by atoms with van der Waals surface area (Å²) in [4.78, 5) is 38.2. The second-order valence-corrected chi connectivity index (χ2v) is 21.3. The fourth-order valence-electron chi connectivity index (χ4n) is 9.35. The summed E-state index contributed by atoms with van der Waals surface area (Å²) in [6.45, 7) is 6.64. The van der Waals surface area contributed by atoms with Gasteiger partial charge in [-0.2, -0.15) is 0 Å². The minimum atomic E-state index is -0.781. The van der Waals surface area contributed by atoms with Crippen LogP contribution in [0.5, 0.6) is 0 Å². The average molecular weight is 998 g/mol. The summed E-state index contributed by atoms with van der Waals surface area (Å²) in [6.07, 6.45) is 73.0. The maximum absolute atomic E-state index is 12.9. The number of carbonyl (C=O) groups excluding carboxylic acids is 3. The molecule has 0 heterocycles. The van der Waals surface area contributed by atoms with Crippen molar-refractivity contribution < 1.29 is 28.6 Å². The number of rotatable bonds is 58. The lowest BCUT2D eigenvalue weighted by Gasteiger charge is -2.18. The monoisotopic (exact) mass is 997 g/mol. The van der Waals surface area contributed by atoms with E-state index < -0.39 is 6.10 Å². The highest BCUT2D eigenvalue weighted by Gasteiger charge is 2.19. The topological polar surface area (TPSA) is 78.9 Å². The molecule has 6 heteroatoms. The van der Waals surface area contributed by atoms with Gasteiger partial charge in [0.1, 0.15) is 13.2 Å². The van der Waals surface area contributed by atoms with Gasteiger partial charge in [0.25, 0.3) is 0 Å². The average Bonchev–Trinajstić information content (AvgIpc) is 3.37. The molecule has 0 aromatic rings. The lowest BCUT2D eigenvalue weighted by Crippen LogP contribution is -2.30. The molecule has 6 nitrogen and oxygen atoms in total. The number of ether oxygens (including phenoxy) is 3. The van der Waals surface area contributed by atoms with E-state index in [-0.39, 0.29) is 31.1 Å². The van der Waals surface area contributed by atoms with Crippen LogP contribution in [0.2, 0.25) is 0 Å². The van der Waals surface area contributed by atoms with Gasteiger partial charge in [0.05, 0.1) is 0 Å². The van der Waals surface area contributed by atoms with E-state index in [1.165, 1.54) is 212 Å². The summed E-state index contributed by atoms with van der Waals surface area (Å²) in [7, 11) is 0. The maximum atomic E-state index is 12.9. The van der Waals surface area contributed by atoms with Crippen molar-refractivity contribution in [1.29, 1.82) is 0 Å². The van der Waals surface area contributed by atoms with E-state index in [0.717, 1.165) is 89.9 Å². The number of esters is 3. The van der Waals surface area contributed by atoms with Crippen molar-refractivity contribution in [3.8, 4) is 0 Å². The van der Waals surface area contributed by atoms with Gasteiger partial charge in [-0.3, -0.25) is 14.4 Å². The molecule has 416 valence electrons. The third kappa shape index (κ3) is 58.4. The molecular formula is C65H120O6. The van der Waals surface area contributed by atoms with E-state index in [9.17, 15) is 14.4 Å². The molecule has 0 saturated carbocycles. The van der Waals surface area contributed by atoms with Gasteiger partial charge in [0.2, 0.25) is 0 Å². The molecular weight excluding hydrogens is 877 g/mol. The van der Waals surface area contributed by atoms with Crippen molar-refractivity contribution in [2.24, 2.45) is 0 Å². The molecule has 0 radical (unpaired) electrons. The second-order valence-electron chi connectivity index (χ2n) is 21.3. The fraction of sp³-hybridized carbons (Fsp3) is 0.862. The van der Waals surface area contributed by atoms with Gasteiger partial charge in [-0.1, -0.05) is 282 Å². The van der Waals surface area contributed by atoms with Gasteiger partial charge >= 0.3 is 17.9 Å². The first-order chi connectivity index (χ1) is 35.0.